The summed E-state index contributed by atoms with van der Waals surface area (Å²) >= 11 is 6.07. The van der Waals surface area contributed by atoms with Gasteiger partial charge in [0, 0.05) is 80.3 Å². The lowest BCUT2D eigenvalue weighted by atomic mass is 9.73. The molecule has 0 amide bonds. The van der Waals surface area contributed by atoms with Gasteiger partial charge in [-0.05, 0) is 69.2 Å². The Kier molecular flexibility index (Phi) is 19.5. The van der Waals surface area contributed by atoms with Gasteiger partial charge >= 0.3 is 5.97 Å². The number of nitrogens with two attached hydrogens (primary N) is 1. The van der Waals surface area contributed by atoms with Gasteiger partial charge in [-0.25, -0.2) is 25.3 Å². The second-order valence-electron chi connectivity index (χ2n) is 15.5. The van der Waals surface area contributed by atoms with E-state index in [0.717, 1.165) is 31.7 Å². The van der Waals surface area contributed by atoms with Gasteiger partial charge in [-0.1, -0.05) is 45.7 Å². The maximum absolute atomic E-state index is 12.2. The third kappa shape index (κ3) is 17.8. The highest BCUT2D eigenvalue weighted by molar-refractivity contribution is 9.09. The molecular weight excluding hydrogens is 876 g/mol. The molecule has 0 aromatic heterocycles. The van der Waals surface area contributed by atoms with Crippen molar-refractivity contribution in [3.8, 4) is 0 Å². The van der Waals surface area contributed by atoms with Crippen molar-refractivity contribution in [3.05, 3.63) is 24.3 Å². The summed E-state index contributed by atoms with van der Waals surface area (Å²) in [6.07, 6.45) is 1.61. The van der Waals surface area contributed by atoms with Crippen molar-refractivity contribution in [2.24, 2.45) is 17.1 Å². The van der Waals surface area contributed by atoms with E-state index in [1.807, 2.05) is 0 Å². The van der Waals surface area contributed by atoms with Crippen LogP contribution in [0.15, 0.2) is 24.3 Å². The van der Waals surface area contributed by atoms with E-state index in [2.05, 4.69) is 84.7 Å². The Morgan fingerprint density at radius 1 is 0.925 bits per heavy atom. The minimum atomic E-state index is -3.10. The number of aliphatic hydroxyl groups is 1. The number of piperidine rings is 1. The van der Waals surface area contributed by atoms with Crippen LogP contribution < -0.4 is 15.5 Å². The van der Waals surface area contributed by atoms with Crippen LogP contribution in [0.5, 0.6) is 0 Å². The van der Waals surface area contributed by atoms with E-state index in [0.29, 0.717) is 48.7 Å². The molecule has 2 atom stereocenters. The molecule has 0 radical (unpaired) electrons. The minimum Gasteiger partial charge on any atom is -0.460 e. The predicted molar refractivity (Wildman–Crippen MR) is 223 cm³/mol. The number of rotatable bonds is 14. The summed E-state index contributed by atoms with van der Waals surface area (Å²) in [4.78, 5) is 18.3. The molecule has 4 aliphatic rings. The first-order chi connectivity index (χ1) is 24.6. The Labute approximate surface area is 335 Å². The van der Waals surface area contributed by atoms with Crippen LogP contribution in [-0.2, 0) is 39.0 Å². The largest absolute Gasteiger partial charge is 0.460 e. The van der Waals surface area contributed by atoms with Crippen molar-refractivity contribution in [1.82, 2.24) is 4.90 Å². The molecule has 4 fully saturated rings. The van der Waals surface area contributed by atoms with Crippen LogP contribution in [0.3, 0.4) is 0 Å². The van der Waals surface area contributed by atoms with E-state index in [-0.39, 0.29) is 65.5 Å². The molecule has 308 valence electrons. The van der Waals surface area contributed by atoms with E-state index < -0.39 is 35.1 Å². The Bertz CT molecular complexity index is 1590. The van der Waals surface area contributed by atoms with Crippen molar-refractivity contribution < 1.29 is 39.9 Å². The zero-order valence-corrected chi connectivity index (χ0v) is 37.6. The molecule has 3 N–H and O–H groups in total. The lowest BCUT2D eigenvalue weighted by molar-refractivity contribution is -0.154. The van der Waals surface area contributed by atoms with Gasteiger partial charge < -0.3 is 25.4 Å². The number of benzene rings is 1. The highest BCUT2D eigenvalue weighted by Crippen LogP contribution is 2.43. The van der Waals surface area contributed by atoms with Crippen LogP contribution in [-0.4, -0.2) is 150 Å². The van der Waals surface area contributed by atoms with Crippen LogP contribution in [0.2, 0.25) is 0 Å². The molecule has 18 heteroatoms. The first-order valence-electron chi connectivity index (χ1n) is 18.2. The van der Waals surface area contributed by atoms with E-state index in [4.69, 9.17) is 15.6 Å². The van der Waals surface area contributed by atoms with Crippen molar-refractivity contribution in [1.29, 1.82) is 0 Å². The molecule has 0 spiro atoms. The van der Waals surface area contributed by atoms with Crippen LogP contribution in [0.1, 0.15) is 53.9 Å². The SMILES string of the molecule is CC(C)(C)OC(=O)CCCS(=O)(=O)CCBr.CC1(C)C[C@@H]2CN(CCS(=O)(=O)CCN)C[C@H]1N(c1ccc(N3CCS(=O)(=O)CC3)cc1)C2.OCCBr. The number of anilines is 2. The first kappa shape index (κ1) is 48.1. The highest BCUT2D eigenvalue weighted by Gasteiger charge is 2.45. The van der Waals surface area contributed by atoms with Crippen molar-refractivity contribution in [3.63, 3.8) is 0 Å². The number of carbonyl (C=O) groups is 1. The third-order valence-corrected chi connectivity index (χ3v) is 15.5. The Balaban J connectivity index is 0.000000408. The predicted octanol–water partition coefficient (Wildman–Crippen LogP) is 3.12. The molecule has 53 heavy (non-hydrogen) atoms. The fourth-order valence-corrected chi connectivity index (χ4v) is 11.6. The average Bonchev–Trinajstić information content (AvgIpc) is 3.30. The maximum atomic E-state index is 12.2. The first-order valence-corrected chi connectivity index (χ1v) is 25.9. The van der Waals surface area contributed by atoms with Crippen LogP contribution in [0.25, 0.3) is 0 Å². The number of carbonyl (C=O) groups excluding carboxylic acids is 1. The molecule has 13 nitrogen and oxygen atoms in total. The standard InChI is InChI=1S/C23H38N4O4S2.C10H19BrO4S.C2H5BrO/c1-23(2)15-19-16-25(8-12-32(28,29)11-7-24)18-22(23)27(17-19)21-5-3-20(4-6-21)26-9-13-33(30,31)14-10-26;1-10(2,3)15-9(12)5-4-7-16(13,14)8-6-11;3-1-2-4/h3-6,19,22H,7-18,24H2,1-2H3;4-8H2,1-3H3;4H,1-2H2/t19-,22-;;/m1../s1. The number of hydrogen-bond donors (Lipinski definition) is 2. The summed E-state index contributed by atoms with van der Waals surface area (Å²) in [5.74, 6) is 0.958. The Hall–Kier alpha value is -1.02. The number of alkyl halides is 2. The van der Waals surface area contributed by atoms with Crippen LogP contribution in [0, 0.1) is 11.3 Å². The van der Waals surface area contributed by atoms with Gasteiger partial charge in [-0.3, -0.25) is 9.69 Å². The van der Waals surface area contributed by atoms with Crippen molar-refractivity contribution in [2.45, 2.75) is 65.5 Å². The molecule has 0 saturated carbocycles. The minimum absolute atomic E-state index is 0.0395. The molecule has 1 aromatic rings. The molecule has 5 rings (SSSR count). The molecule has 4 aliphatic heterocycles. The average molecular weight is 939 g/mol. The fourth-order valence-electron chi connectivity index (χ4n) is 6.82. The number of nitrogens with zero attached hydrogens (tertiary/aromatic N) is 3. The molecule has 2 bridgehead atoms. The molecule has 0 unspecified atom stereocenters. The van der Waals surface area contributed by atoms with E-state index >= 15 is 0 Å². The molecule has 0 aliphatic carbocycles. The van der Waals surface area contributed by atoms with E-state index in [1.54, 1.807) is 20.8 Å². The molecular formula is C35H62Br2N4O9S3. The normalized spacial score (nSPS) is 21.5. The van der Waals surface area contributed by atoms with Gasteiger partial charge in [0.1, 0.15) is 5.60 Å². The number of ether oxygens (including phenoxy) is 1. The summed E-state index contributed by atoms with van der Waals surface area (Å²) in [6, 6.07) is 8.84. The summed E-state index contributed by atoms with van der Waals surface area (Å²) in [5.41, 5.74) is 7.34. The van der Waals surface area contributed by atoms with Gasteiger partial charge in [0.05, 0.1) is 41.1 Å². The van der Waals surface area contributed by atoms with Gasteiger partial charge in [-0.15, -0.1) is 0 Å². The van der Waals surface area contributed by atoms with Crippen LogP contribution in [0.4, 0.5) is 11.4 Å². The van der Waals surface area contributed by atoms with Gasteiger partial charge in [-0.2, -0.15) is 0 Å². The van der Waals surface area contributed by atoms with E-state index in [1.165, 1.54) is 5.69 Å². The van der Waals surface area contributed by atoms with Crippen LogP contribution >= 0.6 is 31.9 Å². The molecule has 4 saturated heterocycles. The molecule has 1 aromatic carbocycles. The van der Waals surface area contributed by atoms with Crippen molar-refractivity contribution >= 4 is 78.7 Å². The second kappa shape index (κ2) is 21.5. The number of halogens is 2. The smallest absolute Gasteiger partial charge is 0.306 e. The topological polar surface area (TPSA) is 185 Å². The fraction of sp³-hybridized carbons (Fsp3) is 0.800. The van der Waals surface area contributed by atoms with E-state index in [9.17, 15) is 30.0 Å². The monoisotopic (exact) mass is 936 g/mol. The number of sulfone groups is 3. The summed E-state index contributed by atoms with van der Waals surface area (Å²) in [5, 5.41) is 8.95. The number of esters is 1. The van der Waals surface area contributed by atoms with Gasteiger partial charge in [0.15, 0.2) is 29.5 Å². The van der Waals surface area contributed by atoms with Gasteiger partial charge in [0.25, 0.3) is 0 Å². The zero-order valence-electron chi connectivity index (χ0n) is 32.0. The zero-order chi connectivity index (χ0) is 40.1. The lowest BCUT2D eigenvalue weighted by Crippen LogP contribution is -2.54. The quantitative estimate of drug-likeness (QED) is 0.205. The number of fused-ring (bicyclic) bond motifs is 4. The Morgan fingerprint density at radius 2 is 1.49 bits per heavy atom. The van der Waals surface area contributed by atoms with Gasteiger partial charge in [0.2, 0.25) is 0 Å². The summed E-state index contributed by atoms with van der Waals surface area (Å²) < 4.78 is 75.6. The Morgan fingerprint density at radius 3 is 2.02 bits per heavy atom. The molecule has 4 heterocycles. The summed E-state index contributed by atoms with van der Waals surface area (Å²) in [7, 11) is -9.02. The number of hydrogen-bond acceptors (Lipinski definition) is 13. The van der Waals surface area contributed by atoms with Crippen molar-refractivity contribution in [2.75, 3.05) is 107 Å². The maximum Gasteiger partial charge on any atom is 0.306 e. The third-order valence-electron chi connectivity index (χ3n) is 9.26. The summed E-state index contributed by atoms with van der Waals surface area (Å²) in [6.45, 7) is 14.8. The number of aliphatic hydroxyl groups excluding tert-OH is 1. The lowest BCUT2D eigenvalue weighted by Gasteiger charge is -2.48. The second-order valence-corrected chi connectivity index (χ2v) is 24.0. The highest BCUT2D eigenvalue weighted by atomic mass is 79.9.